The van der Waals surface area contributed by atoms with Crippen molar-refractivity contribution in [2.45, 2.75) is 105 Å². The van der Waals surface area contributed by atoms with Gasteiger partial charge in [-0.1, -0.05) is 200 Å². The van der Waals surface area contributed by atoms with E-state index in [1.165, 1.54) is 20.7 Å². The van der Waals surface area contributed by atoms with Crippen molar-refractivity contribution >= 4 is 62.0 Å². The number of hydrogen-bond donors (Lipinski definition) is 0. The van der Waals surface area contributed by atoms with Gasteiger partial charge in [-0.2, -0.15) is 0 Å². The average molecular weight is 902 g/mol. The van der Waals surface area contributed by atoms with E-state index < -0.39 is 23.8 Å². The molecule has 2 radical (unpaired) electrons. The number of methoxy groups -OCH3 is 1. The lowest BCUT2D eigenvalue weighted by Gasteiger charge is -2.39. The maximum absolute atomic E-state index is 12.6. The molecule has 0 aromatic heterocycles. The number of unbranched alkanes of at least 4 members (excludes halogenated alkanes) is 2. The Bertz CT molecular complexity index is 1960. The number of nitrogens with zero attached hydrogens (tertiary/aromatic N) is 1. The summed E-state index contributed by atoms with van der Waals surface area (Å²) in [5, 5.41) is 4.96. The molecule has 4 aromatic carbocycles. The van der Waals surface area contributed by atoms with E-state index in [-0.39, 0.29) is 34.7 Å². The lowest BCUT2D eigenvalue weighted by molar-refractivity contribution is -0.144. The number of thiocarbonyl (C=S) groups is 1. The Kier molecular flexibility index (Phi) is 17.4. The second-order valence-corrected chi connectivity index (χ2v) is 24.0. The average Bonchev–Trinajstić information content (AvgIpc) is 3.73. The first kappa shape index (κ1) is 48.7. The predicted molar refractivity (Wildman–Crippen MR) is 267 cm³/mol. The summed E-state index contributed by atoms with van der Waals surface area (Å²) in [7, 11) is -1.16. The van der Waals surface area contributed by atoms with Gasteiger partial charge < -0.3 is 23.2 Å². The zero-order valence-corrected chi connectivity index (χ0v) is 41.9. The van der Waals surface area contributed by atoms with Crippen LogP contribution in [0.5, 0.6) is 0 Å². The Hall–Kier alpha value is -3.71. The van der Waals surface area contributed by atoms with E-state index >= 15 is 0 Å². The highest BCUT2D eigenvalue weighted by atomic mass is 32.1. The molecule has 2 aliphatic rings. The summed E-state index contributed by atoms with van der Waals surface area (Å²) in [6.07, 6.45) is 10.9. The Morgan fingerprint density at radius 2 is 1.30 bits per heavy atom. The molecule has 1 aliphatic heterocycles. The van der Waals surface area contributed by atoms with Crippen LogP contribution in [-0.2, 0) is 23.1 Å². The van der Waals surface area contributed by atoms with Crippen LogP contribution in [0.3, 0.4) is 0 Å². The van der Waals surface area contributed by atoms with Crippen LogP contribution < -0.4 is 20.7 Å². The molecule has 9 heteroatoms. The topological polar surface area (TPSA) is 57.2 Å². The van der Waals surface area contributed by atoms with Gasteiger partial charge >= 0.3 is 5.97 Å². The number of hydrogen-bond acceptors (Lipinski definition) is 6. The number of esters is 1. The summed E-state index contributed by atoms with van der Waals surface area (Å²) >= 11 is 6.54. The zero-order chi connectivity index (χ0) is 45.0. The standard InChI is InChI=1S/C54H71NO5SSi2/c1-9-58-48(56)35-25-38-55-51(61)50(60-63(44-31-20-12-21-32-44)45-33-22-13-23-34-45)49-46(47(53(5,6)7)40-54(49,55)57-8)37-36-41(52(2,3)4)26-15-14-24-39-59-62(42-27-16-10-17-28-42)43-29-18-11-19-30-43/h10-13,16-23,27-34,36-37,41,46-47,49-50H,9,14-15,24-26,35,38-40H2,1-8H3/t41-,46?,47?,49?,50?,54?/m0/s1. The molecule has 1 aliphatic carbocycles. The summed E-state index contributed by atoms with van der Waals surface area (Å²) in [6, 6.07) is 42.7. The van der Waals surface area contributed by atoms with Gasteiger partial charge in [0.25, 0.3) is 18.1 Å². The van der Waals surface area contributed by atoms with Gasteiger partial charge in [-0.3, -0.25) is 4.79 Å². The minimum absolute atomic E-state index is 0.0166. The molecule has 336 valence electrons. The molecule has 2 fully saturated rings. The highest BCUT2D eigenvalue weighted by molar-refractivity contribution is 7.80. The number of carbonyl (C=O) groups is 1. The molecule has 6 atom stereocenters. The first-order valence-corrected chi connectivity index (χ1v) is 26.5. The zero-order valence-electron chi connectivity index (χ0n) is 39.1. The highest BCUT2D eigenvalue weighted by Crippen LogP contribution is 2.60. The van der Waals surface area contributed by atoms with Crippen LogP contribution >= 0.6 is 12.2 Å². The van der Waals surface area contributed by atoms with Gasteiger partial charge in [-0.05, 0) is 81.9 Å². The summed E-state index contributed by atoms with van der Waals surface area (Å²) < 4.78 is 26.5. The van der Waals surface area contributed by atoms with Gasteiger partial charge in [0.15, 0.2) is 0 Å². The summed E-state index contributed by atoms with van der Waals surface area (Å²) in [5.74, 6) is 0.600. The lowest BCUT2D eigenvalue weighted by atomic mass is 9.71. The van der Waals surface area contributed by atoms with Crippen molar-refractivity contribution in [1.82, 2.24) is 4.90 Å². The summed E-state index contributed by atoms with van der Waals surface area (Å²) in [4.78, 5) is 15.7. The maximum Gasteiger partial charge on any atom is 0.305 e. The van der Waals surface area contributed by atoms with Crippen molar-refractivity contribution in [3.63, 3.8) is 0 Å². The number of carbonyl (C=O) groups excluding carboxylic acids is 1. The number of rotatable bonds is 21. The normalized spacial score (nSPS) is 22.0. The number of benzene rings is 4. The van der Waals surface area contributed by atoms with Gasteiger partial charge in [-0.25, -0.2) is 0 Å². The van der Waals surface area contributed by atoms with Crippen LogP contribution in [0.4, 0.5) is 0 Å². The lowest BCUT2D eigenvalue weighted by Crippen LogP contribution is -2.50. The number of allylic oxidation sites excluding steroid dienone is 2. The molecule has 63 heavy (non-hydrogen) atoms. The molecule has 1 saturated heterocycles. The number of ether oxygens (including phenoxy) is 2. The van der Waals surface area contributed by atoms with Crippen LogP contribution in [-0.4, -0.2) is 72.6 Å². The Morgan fingerprint density at radius 3 is 1.78 bits per heavy atom. The number of fused-ring (bicyclic) bond motifs is 1. The largest absolute Gasteiger partial charge is 0.466 e. The monoisotopic (exact) mass is 901 g/mol. The number of likely N-dealkylation sites (tertiary alicyclic amines) is 1. The van der Waals surface area contributed by atoms with Crippen molar-refractivity contribution in [2.75, 3.05) is 26.9 Å². The predicted octanol–water partition coefficient (Wildman–Crippen LogP) is 9.41. The molecule has 0 amide bonds. The van der Waals surface area contributed by atoms with E-state index in [0.717, 1.165) is 43.7 Å². The fraction of sp³-hybridized carbons (Fsp3) is 0.481. The fourth-order valence-corrected chi connectivity index (χ4v) is 14.5. The molecule has 0 spiro atoms. The molecule has 4 aromatic rings. The molecular formula is C54H71NO5SSi2. The van der Waals surface area contributed by atoms with Crippen LogP contribution in [0, 0.1) is 34.5 Å². The second kappa shape index (κ2) is 22.5. The van der Waals surface area contributed by atoms with Gasteiger partial charge in [0.1, 0.15) is 16.8 Å². The Labute approximate surface area is 388 Å². The molecule has 6 nitrogen and oxygen atoms in total. The molecule has 1 saturated carbocycles. The van der Waals surface area contributed by atoms with E-state index in [9.17, 15) is 4.79 Å². The van der Waals surface area contributed by atoms with Gasteiger partial charge in [0, 0.05) is 32.6 Å². The quantitative estimate of drug-likeness (QED) is 0.0272. The Morgan fingerprint density at radius 1 is 0.778 bits per heavy atom. The molecule has 6 rings (SSSR count). The third kappa shape index (κ3) is 12.2. The molecule has 1 heterocycles. The fourth-order valence-electron chi connectivity index (χ4n) is 9.88. The van der Waals surface area contributed by atoms with E-state index in [4.69, 9.17) is 30.5 Å². The van der Waals surface area contributed by atoms with E-state index in [0.29, 0.717) is 37.8 Å². The van der Waals surface area contributed by atoms with Gasteiger partial charge in [0.05, 0.1) is 6.61 Å². The maximum atomic E-state index is 12.6. The smallest absolute Gasteiger partial charge is 0.305 e. The SMILES string of the molecule is CCOC(=O)CCCN1C(=S)C(O[Si](c2ccccc2)c2ccccc2)C2C(C=C[C@H](CCCCCO[Si](c3ccccc3)c3ccccc3)C(C)(C)C)C(C(C)(C)C)CC21OC. The third-order valence-electron chi connectivity index (χ3n) is 13.2. The highest BCUT2D eigenvalue weighted by Gasteiger charge is 2.67. The molecule has 0 N–H and O–H groups in total. The van der Waals surface area contributed by atoms with Crippen molar-refractivity contribution in [3.05, 3.63) is 133 Å². The minimum Gasteiger partial charge on any atom is -0.466 e. The van der Waals surface area contributed by atoms with E-state index in [1.807, 2.05) is 14.0 Å². The van der Waals surface area contributed by atoms with Crippen LogP contribution in [0.1, 0.15) is 93.4 Å². The first-order chi connectivity index (χ1) is 30.3. The minimum atomic E-state index is -1.71. The molecular weight excluding hydrogens is 831 g/mol. The molecule has 0 bridgehead atoms. The van der Waals surface area contributed by atoms with Crippen molar-refractivity contribution in [2.24, 2.45) is 34.5 Å². The Balaban J connectivity index is 1.25. The van der Waals surface area contributed by atoms with Gasteiger partial charge in [-0.15, -0.1) is 0 Å². The van der Waals surface area contributed by atoms with Crippen molar-refractivity contribution in [1.29, 1.82) is 0 Å². The van der Waals surface area contributed by atoms with Crippen molar-refractivity contribution in [3.8, 4) is 0 Å². The summed E-state index contributed by atoms with van der Waals surface area (Å²) in [5.41, 5.74) is -0.618. The molecule has 5 unspecified atom stereocenters. The van der Waals surface area contributed by atoms with Crippen LogP contribution in [0.2, 0.25) is 0 Å². The second-order valence-electron chi connectivity index (χ2n) is 19.4. The first-order valence-electron chi connectivity index (χ1n) is 23.2. The third-order valence-corrected chi connectivity index (χ3v) is 18.1. The summed E-state index contributed by atoms with van der Waals surface area (Å²) in [6.45, 7) is 17.8. The van der Waals surface area contributed by atoms with Crippen LogP contribution in [0.15, 0.2) is 133 Å². The van der Waals surface area contributed by atoms with Crippen LogP contribution in [0.25, 0.3) is 0 Å². The van der Waals surface area contributed by atoms with Crippen molar-refractivity contribution < 1.29 is 23.1 Å². The van der Waals surface area contributed by atoms with Gasteiger partial charge in [0.2, 0.25) is 0 Å². The van der Waals surface area contributed by atoms with E-state index in [1.54, 1.807) is 0 Å². The van der Waals surface area contributed by atoms with E-state index in [2.05, 4.69) is 180 Å².